The van der Waals surface area contributed by atoms with Gasteiger partial charge >= 0.3 is 0 Å². The number of nitrogens with one attached hydrogen (secondary N) is 1. The Hall–Kier alpha value is -3.85. The van der Waals surface area contributed by atoms with Gasteiger partial charge in [-0.25, -0.2) is 8.42 Å². The van der Waals surface area contributed by atoms with Crippen molar-refractivity contribution < 1.29 is 18.0 Å². The van der Waals surface area contributed by atoms with Crippen molar-refractivity contribution in [1.29, 1.82) is 0 Å². The highest BCUT2D eigenvalue weighted by molar-refractivity contribution is 7.92. The molecule has 7 nitrogen and oxygen atoms in total. The topological polar surface area (TPSA) is 86.8 Å². The number of para-hydroxylation sites is 1. The average molecular weight is 653 g/mol. The van der Waals surface area contributed by atoms with Gasteiger partial charge in [-0.3, -0.25) is 13.9 Å². The standard InChI is InChI=1S/C34H35Cl2N3O4S/c1-3-25(2)37-34(41)32(22-26-12-6-4-7-13-26)38(23-27-14-10-11-17-31(27)36)33(40)24-39(29-15-8-5-9-16-29)44(42,43)30-20-18-28(35)19-21-30/h4-21,25,32H,3,22-24H2,1-2H3,(H,37,41)/t25-,32+/m1/s1. The summed E-state index contributed by atoms with van der Waals surface area (Å²) in [6.07, 6.45) is 0.915. The zero-order chi connectivity index (χ0) is 31.7. The van der Waals surface area contributed by atoms with Gasteiger partial charge in [0.15, 0.2) is 0 Å². The summed E-state index contributed by atoms with van der Waals surface area (Å²) in [6.45, 7) is 3.30. The van der Waals surface area contributed by atoms with Gasteiger partial charge in [0, 0.05) is 29.1 Å². The summed E-state index contributed by atoms with van der Waals surface area (Å²) < 4.78 is 29.1. The molecule has 4 aromatic carbocycles. The number of benzene rings is 4. The van der Waals surface area contributed by atoms with E-state index in [1.54, 1.807) is 54.6 Å². The van der Waals surface area contributed by atoms with Crippen LogP contribution < -0.4 is 9.62 Å². The molecule has 0 saturated heterocycles. The fourth-order valence-electron chi connectivity index (χ4n) is 4.66. The van der Waals surface area contributed by atoms with Gasteiger partial charge in [-0.2, -0.15) is 0 Å². The van der Waals surface area contributed by atoms with Crippen LogP contribution in [0.25, 0.3) is 0 Å². The summed E-state index contributed by atoms with van der Waals surface area (Å²) in [7, 11) is -4.21. The van der Waals surface area contributed by atoms with Crippen molar-refractivity contribution in [2.75, 3.05) is 10.8 Å². The fraction of sp³-hybridized carbons (Fsp3) is 0.235. The molecule has 0 aliphatic rings. The second kappa shape index (κ2) is 15.2. The number of hydrogen-bond donors (Lipinski definition) is 1. The van der Waals surface area contributed by atoms with Crippen LogP contribution >= 0.6 is 23.2 Å². The molecule has 0 fully saturated rings. The van der Waals surface area contributed by atoms with E-state index < -0.39 is 28.5 Å². The van der Waals surface area contributed by atoms with Crippen molar-refractivity contribution in [1.82, 2.24) is 10.2 Å². The number of anilines is 1. The Morgan fingerprint density at radius 3 is 2.02 bits per heavy atom. The van der Waals surface area contributed by atoms with Gasteiger partial charge in [-0.05, 0) is 66.9 Å². The lowest BCUT2D eigenvalue weighted by Gasteiger charge is -2.34. The monoisotopic (exact) mass is 651 g/mol. The fourth-order valence-corrected chi connectivity index (χ4v) is 6.40. The third-order valence-corrected chi connectivity index (χ3v) is 9.70. The Kier molecular flexibility index (Phi) is 11.4. The van der Waals surface area contributed by atoms with E-state index in [0.717, 1.165) is 9.87 Å². The molecule has 0 heterocycles. The summed E-state index contributed by atoms with van der Waals surface area (Å²) in [6, 6.07) is 29.6. The largest absolute Gasteiger partial charge is 0.352 e. The molecule has 0 bridgehead atoms. The number of rotatable bonds is 13. The lowest BCUT2D eigenvalue weighted by atomic mass is 10.0. The summed E-state index contributed by atoms with van der Waals surface area (Å²) in [5.41, 5.74) is 1.78. The zero-order valence-electron chi connectivity index (χ0n) is 24.6. The predicted octanol–water partition coefficient (Wildman–Crippen LogP) is 6.74. The molecular formula is C34H35Cl2N3O4S. The summed E-state index contributed by atoms with van der Waals surface area (Å²) in [5, 5.41) is 3.83. The molecule has 0 aromatic heterocycles. The summed E-state index contributed by atoms with van der Waals surface area (Å²) in [4.78, 5) is 29.7. The minimum absolute atomic E-state index is 0.00639. The normalized spacial score (nSPS) is 12.6. The Labute approximate surface area is 269 Å². The van der Waals surface area contributed by atoms with Crippen LogP contribution in [0.15, 0.2) is 114 Å². The van der Waals surface area contributed by atoms with Crippen LogP contribution in [0.2, 0.25) is 10.0 Å². The molecule has 2 atom stereocenters. The molecule has 0 saturated carbocycles. The van der Waals surface area contributed by atoms with Gasteiger partial charge in [-0.15, -0.1) is 0 Å². The number of nitrogens with zero attached hydrogens (tertiary/aromatic N) is 2. The maximum Gasteiger partial charge on any atom is 0.264 e. The number of carbonyl (C=O) groups is 2. The predicted molar refractivity (Wildman–Crippen MR) is 176 cm³/mol. The maximum atomic E-state index is 14.4. The van der Waals surface area contributed by atoms with E-state index in [0.29, 0.717) is 27.7 Å². The number of hydrogen-bond acceptors (Lipinski definition) is 4. The Morgan fingerprint density at radius 1 is 0.818 bits per heavy atom. The Morgan fingerprint density at radius 2 is 1.41 bits per heavy atom. The number of amides is 2. The summed E-state index contributed by atoms with van der Waals surface area (Å²) >= 11 is 12.6. The smallest absolute Gasteiger partial charge is 0.264 e. The Balaban J connectivity index is 1.80. The van der Waals surface area contributed by atoms with E-state index in [9.17, 15) is 18.0 Å². The van der Waals surface area contributed by atoms with Crippen molar-refractivity contribution in [2.45, 2.75) is 50.2 Å². The highest BCUT2D eigenvalue weighted by Gasteiger charge is 2.35. The number of halogens is 2. The lowest BCUT2D eigenvalue weighted by molar-refractivity contribution is -0.140. The zero-order valence-corrected chi connectivity index (χ0v) is 26.9. The first-order chi connectivity index (χ1) is 21.1. The molecule has 4 rings (SSSR count). The second-order valence-electron chi connectivity index (χ2n) is 10.4. The molecule has 2 amide bonds. The lowest BCUT2D eigenvalue weighted by Crippen LogP contribution is -2.54. The van der Waals surface area contributed by atoms with E-state index in [4.69, 9.17) is 23.2 Å². The molecule has 1 N–H and O–H groups in total. The van der Waals surface area contributed by atoms with E-state index >= 15 is 0 Å². The highest BCUT2D eigenvalue weighted by Crippen LogP contribution is 2.26. The van der Waals surface area contributed by atoms with Crippen molar-refractivity contribution in [3.05, 3.63) is 130 Å². The summed E-state index contributed by atoms with van der Waals surface area (Å²) in [5.74, 6) is -0.901. The molecule has 10 heteroatoms. The minimum Gasteiger partial charge on any atom is -0.352 e. The first kappa shape index (κ1) is 33.1. The van der Waals surface area contributed by atoms with Crippen molar-refractivity contribution in [3.63, 3.8) is 0 Å². The number of carbonyl (C=O) groups excluding carboxylic acids is 2. The molecule has 230 valence electrons. The van der Waals surface area contributed by atoms with Gasteiger partial charge in [0.1, 0.15) is 12.6 Å². The Bertz CT molecular complexity index is 1650. The van der Waals surface area contributed by atoms with Gasteiger partial charge in [0.25, 0.3) is 10.0 Å². The van der Waals surface area contributed by atoms with E-state index in [-0.39, 0.29) is 29.8 Å². The average Bonchev–Trinajstić information content (AvgIpc) is 3.03. The van der Waals surface area contributed by atoms with Crippen LogP contribution in [0.4, 0.5) is 5.69 Å². The van der Waals surface area contributed by atoms with Crippen molar-refractivity contribution >= 4 is 50.7 Å². The van der Waals surface area contributed by atoms with Gasteiger partial charge in [0.2, 0.25) is 11.8 Å². The van der Waals surface area contributed by atoms with Crippen LogP contribution in [0.5, 0.6) is 0 Å². The first-order valence-corrected chi connectivity index (χ1v) is 16.5. The minimum atomic E-state index is -4.21. The van der Waals surface area contributed by atoms with Crippen LogP contribution in [0.1, 0.15) is 31.4 Å². The molecule has 44 heavy (non-hydrogen) atoms. The van der Waals surface area contributed by atoms with Gasteiger partial charge < -0.3 is 10.2 Å². The van der Waals surface area contributed by atoms with Crippen LogP contribution in [0.3, 0.4) is 0 Å². The molecule has 0 aliphatic carbocycles. The van der Waals surface area contributed by atoms with Crippen molar-refractivity contribution in [2.24, 2.45) is 0 Å². The highest BCUT2D eigenvalue weighted by atomic mass is 35.5. The molecule has 4 aromatic rings. The number of sulfonamides is 1. The maximum absolute atomic E-state index is 14.4. The van der Waals surface area contributed by atoms with Crippen LogP contribution in [-0.4, -0.2) is 43.8 Å². The molecule has 0 spiro atoms. The molecule has 0 unspecified atom stereocenters. The third-order valence-electron chi connectivity index (χ3n) is 7.30. The first-order valence-electron chi connectivity index (χ1n) is 14.3. The van der Waals surface area contributed by atoms with Gasteiger partial charge in [0.05, 0.1) is 10.6 Å². The van der Waals surface area contributed by atoms with E-state index in [2.05, 4.69) is 5.32 Å². The molecule has 0 aliphatic heterocycles. The van der Waals surface area contributed by atoms with Gasteiger partial charge in [-0.1, -0.05) is 96.9 Å². The quantitative estimate of drug-likeness (QED) is 0.173. The molecular weight excluding hydrogens is 617 g/mol. The van der Waals surface area contributed by atoms with E-state index in [1.807, 2.05) is 44.2 Å². The second-order valence-corrected chi connectivity index (χ2v) is 13.1. The van der Waals surface area contributed by atoms with E-state index in [1.165, 1.54) is 29.2 Å². The van der Waals surface area contributed by atoms with Crippen LogP contribution in [0, 0.1) is 0 Å². The van der Waals surface area contributed by atoms with Crippen LogP contribution in [-0.2, 0) is 32.6 Å². The third kappa shape index (κ3) is 8.40. The molecule has 0 radical (unpaired) electrons. The van der Waals surface area contributed by atoms with Crippen molar-refractivity contribution in [3.8, 4) is 0 Å². The SMILES string of the molecule is CC[C@@H](C)NC(=O)[C@H](Cc1ccccc1)N(Cc1ccccc1Cl)C(=O)CN(c1ccccc1)S(=O)(=O)c1ccc(Cl)cc1.